The first-order valence-electron chi connectivity index (χ1n) is 6.02. The molecule has 0 spiro atoms. The van der Waals surface area contributed by atoms with Gasteiger partial charge in [-0.05, 0) is 24.2 Å². The number of hydrogen-bond acceptors (Lipinski definition) is 3. The minimum Gasteiger partial charge on any atom is -0.469 e. The first-order valence-corrected chi connectivity index (χ1v) is 6.02. The van der Waals surface area contributed by atoms with Crippen molar-refractivity contribution < 1.29 is 14.6 Å². The maximum atomic E-state index is 10.9. The van der Waals surface area contributed by atoms with E-state index in [0.29, 0.717) is 12.3 Å². The lowest BCUT2D eigenvalue weighted by Crippen LogP contribution is -2.27. The second-order valence-electron chi connectivity index (χ2n) is 5.69. The highest BCUT2D eigenvalue weighted by Crippen LogP contribution is 2.26. The highest BCUT2D eigenvalue weighted by atomic mass is 16.5. The van der Waals surface area contributed by atoms with Crippen LogP contribution in [-0.2, 0) is 9.53 Å². The summed E-state index contributed by atoms with van der Waals surface area (Å²) in [5.41, 5.74) is -0.0589. The van der Waals surface area contributed by atoms with Gasteiger partial charge in [0.1, 0.15) is 0 Å². The molecule has 0 bridgehead atoms. The summed E-state index contributed by atoms with van der Waals surface area (Å²) < 4.78 is 4.58. The summed E-state index contributed by atoms with van der Waals surface area (Å²) in [6.45, 7) is 8.24. The maximum absolute atomic E-state index is 10.9. The summed E-state index contributed by atoms with van der Waals surface area (Å²) in [6.07, 6.45) is 2.80. The van der Waals surface area contributed by atoms with Gasteiger partial charge in [-0.2, -0.15) is 0 Å². The molecule has 0 aliphatic carbocycles. The molecule has 0 fully saturated rings. The SMILES string of the molecule is COC(=O)CCC[C@@H](C)C[C@H](O)C(C)(C)C. The second kappa shape index (κ2) is 6.89. The van der Waals surface area contributed by atoms with E-state index in [1.54, 1.807) is 0 Å². The lowest BCUT2D eigenvalue weighted by molar-refractivity contribution is -0.140. The van der Waals surface area contributed by atoms with Gasteiger partial charge >= 0.3 is 5.97 Å². The molecule has 96 valence electrons. The maximum Gasteiger partial charge on any atom is 0.305 e. The molecule has 0 aromatic heterocycles. The Labute approximate surface area is 99.2 Å². The fourth-order valence-corrected chi connectivity index (χ4v) is 1.55. The molecule has 0 unspecified atom stereocenters. The first-order chi connectivity index (χ1) is 7.27. The number of ether oxygens (including phenoxy) is 1. The van der Waals surface area contributed by atoms with Crippen LogP contribution in [0.5, 0.6) is 0 Å². The van der Waals surface area contributed by atoms with Gasteiger partial charge < -0.3 is 9.84 Å². The van der Waals surface area contributed by atoms with Gasteiger partial charge in [0.25, 0.3) is 0 Å². The zero-order valence-corrected chi connectivity index (χ0v) is 11.2. The van der Waals surface area contributed by atoms with Gasteiger partial charge in [0.15, 0.2) is 0 Å². The predicted molar refractivity (Wildman–Crippen MR) is 65.1 cm³/mol. The third kappa shape index (κ3) is 6.83. The van der Waals surface area contributed by atoms with Gasteiger partial charge in [0.05, 0.1) is 13.2 Å². The van der Waals surface area contributed by atoms with E-state index >= 15 is 0 Å². The fraction of sp³-hybridized carbons (Fsp3) is 0.923. The molecule has 3 nitrogen and oxygen atoms in total. The van der Waals surface area contributed by atoms with Gasteiger partial charge in [0, 0.05) is 6.42 Å². The topological polar surface area (TPSA) is 46.5 Å². The molecule has 0 aromatic carbocycles. The first kappa shape index (κ1) is 15.4. The molecular weight excluding hydrogens is 204 g/mol. The van der Waals surface area contributed by atoms with Crippen molar-refractivity contribution in [3.63, 3.8) is 0 Å². The largest absolute Gasteiger partial charge is 0.469 e. The van der Waals surface area contributed by atoms with E-state index in [1.165, 1.54) is 7.11 Å². The Kier molecular flexibility index (Phi) is 6.65. The van der Waals surface area contributed by atoms with E-state index in [0.717, 1.165) is 19.3 Å². The number of aliphatic hydroxyl groups excluding tert-OH is 1. The van der Waals surface area contributed by atoms with Crippen LogP contribution in [-0.4, -0.2) is 24.3 Å². The fourth-order valence-electron chi connectivity index (χ4n) is 1.55. The monoisotopic (exact) mass is 230 g/mol. The molecule has 2 atom stereocenters. The Morgan fingerprint density at radius 3 is 2.38 bits per heavy atom. The summed E-state index contributed by atoms with van der Waals surface area (Å²) in [7, 11) is 1.41. The normalized spacial score (nSPS) is 15.6. The number of hydrogen-bond donors (Lipinski definition) is 1. The number of carbonyl (C=O) groups is 1. The number of methoxy groups -OCH3 is 1. The molecule has 0 saturated carbocycles. The molecule has 0 amide bonds. The van der Waals surface area contributed by atoms with Crippen LogP contribution in [0.4, 0.5) is 0 Å². The summed E-state index contributed by atoms with van der Waals surface area (Å²) >= 11 is 0. The molecule has 0 saturated heterocycles. The van der Waals surface area contributed by atoms with Crippen LogP contribution in [0.1, 0.15) is 53.4 Å². The molecule has 0 radical (unpaired) electrons. The Bertz CT molecular complexity index is 206. The van der Waals surface area contributed by atoms with Crippen LogP contribution in [0.25, 0.3) is 0 Å². The van der Waals surface area contributed by atoms with Crippen molar-refractivity contribution in [3.8, 4) is 0 Å². The van der Waals surface area contributed by atoms with E-state index < -0.39 is 0 Å². The van der Waals surface area contributed by atoms with E-state index in [-0.39, 0.29) is 17.5 Å². The molecule has 0 aliphatic rings. The molecule has 16 heavy (non-hydrogen) atoms. The van der Waals surface area contributed by atoms with Crippen LogP contribution < -0.4 is 0 Å². The lowest BCUT2D eigenvalue weighted by Gasteiger charge is -2.28. The number of rotatable bonds is 6. The van der Waals surface area contributed by atoms with Crippen molar-refractivity contribution in [2.24, 2.45) is 11.3 Å². The summed E-state index contributed by atoms with van der Waals surface area (Å²) in [5.74, 6) is 0.294. The second-order valence-corrected chi connectivity index (χ2v) is 5.69. The third-order valence-electron chi connectivity index (χ3n) is 2.93. The minimum absolute atomic E-state index is 0.0589. The van der Waals surface area contributed by atoms with E-state index in [4.69, 9.17) is 0 Å². The van der Waals surface area contributed by atoms with E-state index in [1.807, 2.05) is 20.8 Å². The molecular formula is C13H26O3. The van der Waals surface area contributed by atoms with Gasteiger partial charge in [-0.3, -0.25) is 4.79 Å². The highest BCUT2D eigenvalue weighted by Gasteiger charge is 2.23. The predicted octanol–water partition coefficient (Wildman–Crippen LogP) is 2.76. The molecule has 1 N–H and O–H groups in total. The van der Waals surface area contributed by atoms with Crippen molar-refractivity contribution >= 4 is 5.97 Å². The quantitative estimate of drug-likeness (QED) is 0.714. The van der Waals surface area contributed by atoms with Gasteiger partial charge in [0.2, 0.25) is 0 Å². The highest BCUT2D eigenvalue weighted by molar-refractivity contribution is 5.68. The average Bonchev–Trinajstić information content (AvgIpc) is 2.15. The summed E-state index contributed by atoms with van der Waals surface area (Å²) in [5, 5.41) is 9.92. The Morgan fingerprint density at radius 1 is 1.38 bits per heavy atom. The Balaban J connectivity index is 3.74. The number of esters is 1. The molecule has 0 heterocycles. The lowest BCUT2D eigenvalue weighted by atomic mass is 9.83. The Morgan fingerprint density at radius 2 is 1.94 bits per heavy atom. The van der Waals surface area contributed by atoms with Crippen molar-refractivity contribution in [3.05, 3.63) is 0 Å². The van der Waals surface area contributed by atoms with Crippen LogP contribution in [0.15, 0.2) is 0 Å². The van der Waals surface area contributed by atoms with Gasteiger partial charge in [-0.15, -0.1) is 0 Å². The minimum atomic E-state index is -0.277. The van der Waals surface area contributed by atoms with Crippen molar-refractivity contribution in [1.29, 1.82) is 0 Å². The average molecular weight is 230 g/mol. The van der Waals surface area contributed by atoms with Crippen molar-refractivity contribution in [2.75, 3.05) is 7.11 Å². The smallest absolute Gasteiger partial charge is 0.305 e. The van der Waals surface area contributed by atoms with Crippen LogP contribution in [0.3, 0.4) is 0 Å². The summed E-state index contributed by atoms with van der Waals surface area (Å²) in [4.78, 5) is 10.9. The van der Waals surface area contributed by atoms with Crippen LogP contribution in [0, 0.1) is 11.3 Å². The zero-order valence-electron chi connectivity index (χ0n) is 11.2. The molecule has 0 aromatic rings. The Hall–Kier alpha value is -0.570. The summed E-state index contributed by atoms with van der Waals surface area (Å²) in [6, 6.07) is 0. The van der Waals surface area contributed by atoms with Gasteiger partial charge in [-0.1, -0.05) is 34.1 Å². The molecule has 3 heteroatoms. The third-order valence-corrected chi connectivity index (χ3v) is 2.93. The zero-order chi connectivity index (χ0) is 12.8. The van der Waals surface area contributed by atoms with E-state index in [2.05, 4.69) is 11.7 Å². The molecule has 0 rings (SSSR count). The van der Waals surface area contributed by atoms with Crippen molar-refractivity contribution in [1.82, 2.24) is 0 Å². The van der Waals surface area contributed by atoms with Crippen LogP contribution >= 0.6 is 0 Å². The number of aliphatic hydroxyl groups is 1. The standard InChI is InChI=1S/C13H26O3/c1-10(7-6-8-12(15)16-5)9-11(14)13(2,3)4/h10-11,14H,6-9H2,1-5H3/t10-,11+/m1/s1. The van der Waals surface area contributed by atoms with Gasteiger partial charge in [-0.25, -0.2) is 0 Å². The number of carbonyl (C=O) groups excluding carboxylic acids is 1. The molecule has 0 aliphatic heterocycles. The van der Waals surface area contributed by atoms with Crippen molar-refractivity contribution in [2.45, 2.75) is 59.5 Å². The van der Waals surface area contributed by atoms with Crippen LogP contribution in [0.2, 0.25) is 0 Å². The van der Waals surface area contributed by atoms with E-state index in [9.17, 15) is 9.90 Å².